The summed E-state index contributed by atoms with van der Waals surface area (Å²) in [6.07, 6.45) is 3.05. The van der Waals surface area contributed by atoms with E-state index in [1.165, 1.54) is 22.8 Å². The van der Waals surface area contributed by atoms with Crippen molar-refractivity contribution in [1.82, 2.24) is 19.9 Å². The molecule has 0 atom stereocenters. The predicted octanol–water partition coefficient (Wildman–Crippen LogP) is 1.89. The van der Waals surface area contributed by atoms with Gasteiger partial charge >= 0.3 is 0 Å². The second-order valence-corrected chi connectivity index (χ2v) is 7.25. The van der Waals surface area contributed by atoms with E-state index in [1.807, 2.05) is 0 Å². The number of hydrogen-bond donors (Lipinski definition) is 3. The SMILES string of the molecule is CNc1cc(Nc2cc(F)cc3c2OCCO3)nc2c(C(=O)C(=O)NC3CC3)cnn12. The highest BCUT2D eigenvalue weighted by molar-refractivity contribution is 6.44. The summed E-state index contributed by atoms with van der Waals surface area (Å²) in [6.45, 7) is 0.660. The Labute approximate surface area is 175 Å². The third kappa shape index (κ3) is 3.58. The minimum absolute atomic E-state index is 0.0534. The Balaban J connectivity index is 1.53. The molecule has 5 rings (SSSR count). The standard InChI is InChI=1S/C20H19FN6O4/c1-22-16-8-15(25-13-6-10(21)7-14-18(13)31-5-4-30-14)26-19-12(9-23-27(16)19)17(28)20(29)24-11-2-3-11/h6-9,11,22H,2-5H2,1H3,(H,24,29)(H,25,26). The molecule has 10 nitrogen and oxygen atoms in total. The molecule has 2 aromatic heterocycles. The summed E-state index contributed by atoms with van der Waals surface area (Å²) in [7, 11) is 1.68. The lowest BCUT2D eigenvalue weighted by Gasteiger charge is -2.21. The zero-order chi connectivity index (χ0) is 21.5. The van der Waals surface area contributed by atoms with E-state index < -0.39 is 17.5 Å². The molecule has 1 amide bonds. The third-order valence-electron chi connectivity index (χ3n) is 4.96. The molecule has 2 aliphatic rings. The van der Waals surface area contributed by atoms with Gasteiger partial charge in [-0.15, -0.1) is 0 Å². The zero-order valence-corrected chi connectivity index (χ0v) is 16.6. The number of carbonyl (C=O) groups is 2. The Morgan fingerprint density at radius 2 is 2.00 bits per heavy atom. The molecule has 1 aliphatic heterocycles. The van der Waals surface area contributed by atoms with E-state index in [0.29, 0.717) is 42.0 Å². The van der Waals surface area contributed by atoms with Gasteiger partial charge in [-0.1, -0.05) is 0 Å². The number of halogens is 1. The number of ether oxygens (including phenoxy) is 2. The van der Waals surface area contributed by atoms with E-state index in [1.54, 1.807) is 13.1 Å². The Hall–Kier alpha value is -3.89. The lowest BCUT2D eigenvalue weighted by atomic mass is 10.2. The van der Waals surface area contributed by atoms with E-state index in [-0.39, 0.29) is 17.3 Å². The minimum atomic E-state index is -0.714. The van der Waals surface area contributed by atoms with Crippen molar-refractivity contribution < 1.29 is 23.5 Å². The van der Waals surface area contributed by atoms with Crippen molar-refractivity contribution in [3.63, 3.8) is 0 Å². The number of Topliss-reactive ketones (excluding diaryl/α,β-unsaturated/α-hetero) is 1. The maximum absolute atomic E-state index is 14.1. The van der Waals surface area contributed by atoms with Gasteiger partial charge in [0.2, 0.25) is 0 Å². The predicted molar refractivity (Wildman–Crippen MR) is 109 cm³/mol. The molecule has 160 valence electrons. The van der Waals surface area contributed by atoms with Crippen LogP contribution in [0.2, 0.25) is 0 Å². The van der Waals surface area contributed by atoms with Crippen LogP contribution in [0.25, 0.3) is 5.65 Å². The highest BCUT2D eigenvalue weighted by Crippen LogP contribution is 2.40. The van der Waals surface area contributed by atoms with Crippen LogP contribution in [0.4, 0.5) is 21.7 Å². The monoisotopic (exact) mass is 426 g/mol. The molecule has 0 unspecified atom stereocenters. The summed E-state index contributed by atoms with van der Waals surface area (Å²) in [6, 6.07) is 4.21. The number of anilines is 3. The molecule has 3 heterocycles. The topological polar surface area (TPSA) is 119 Å². The second-order valence-electron chi connectivity index (χ2n) is 7.25. The fourth-order valence-corrected chi connectivity index (χ4v) is 3.32. The van der Waals surface area contributed by atoms with Crippen molar-refractivity contribution in [3.8, 4) is 11.5 Å². The van der Waals surface area contributed by atoms with Crippen LogP contribution in [0.15, 0.2) is 24.4 Å². The Morgan fingerprint density at radius 1 is 1.19 bits per heavy atom. The number of carbonyl (C=O) groups excluding carboxylic acids is 2. The molecule has 1 fully saturated rings. The normalized spacial score (nSPS) is 14.9. The molecular formula is C20H19FN6O4. The van der Waals surface area contributed by atoms with Crippen LogP contribution in [-0.2, 0) is 4.79 Å². The van der Waals surface area contributed by atoms with E-state index in [0.717, 1.165) is 12.8 Å². The lowest BCUT2D eigenvalue weighted by Crippen LogP contribution is -2.32. The summed E-state index contributed by atoms with van der Waals surface area (Å²) in [5.41, 5.74) is 0.583. The fourth-order valence-electron chi connectivity index (χ4n) is 3.32. The van der Waals surface area contributed by atoms with Gasteiger partial charge in [0.15, 0.2) is 17.1 Å². The van der Waals surface area contributed by atoms with Crippen LogP contribution in [0, 0.1) is 5.82 Å². The molecule has 0 radical (unpaired) electrons. The van der Waals surface area contributed by atoms with Crippen LogP contribution in [0.5, 0.6) is 11.5 Å². The fraction of sp³-hybridized carbons (Fsp3) is 0.300. The number of hydrogen-bond acceptors (Lipinski definition) is 8. The number of amides is 1. The number of nitrogens with one attached hydrogen (secondary N) is 3. The lowest BCUT2D eigenvalue weighted by molar-refractivity contribution is -0.117. The number of aromatic nitrogens is 3. The first-order valence-corrected chi connectivity index (χ1v) is 9.81. The number of nitrogens with zero attached hydrogens (tertiary/aromatic N) is 3. The summed E-state index contributed by atoms with van der Waals surface area (Å²) in [4.78, 5) is 29.3. The average molecular weight is 426 g/mol. The Morgan fingerprint density at radius 3 is 2.77 bits per heavy atom. The quantitative estimate of drug-likeness (QED) is 0.404. The third-order valence-corrected chi connectivity index (χ3v) is 4.96. The maximum atomic E-state index is 14.1. The van der Waals surface area contributed by atoms with Crippen LogP contribution in [-0.4, -0.2) is 52.6 Å². The van der Waals surface area contributed by atoms with Gasteiger partial charge in [0.25, 0.3) is 11.7 Å². The van der Waals surface area contributed by atoms with E-state index in [2.05, 4.69) is 26.0 Å². The van der Waals surface area contributed by atoms with E-state index in [9.17, 15) is 14.0 Å². The van der Waals surface area contributed by atoms with Gasteiger partial charge in [-0.25, -0.2) is 9.37 Å². The zero-order valence-electron chi connectivity index (χ0n) is 16.6. The van der Waals surface area contributed by atoms with Crippen molar-refractivity contribution in [2.45, 2.75) is 18.9 Å². The van der Waals surface area contributed by atoms with Gasteiger partial charge in [0.1, 0.15) is 30.7 Å². The van der Waals surface area contributed by atoms with Crippen molar-refractivity contribution >= 4 is 34.7 Å². The van der Waals surface area contributed by atoms with Crippen LogP contribution < -0.4 is 25.4 Å². The Bertz CT molecular complexity index is 1210. The molecular weight excluding hydrogens is 407 g/mol. The molecule has 3 aromatic rings. The van der Waals surface area contributed by atoms with E-state index in [4.69, 9.17) is 9.47 Å². The molecule has 31 heavy (non-hydrogen) atoms. The summed E-state index contributed by atoms with van der Waals surface area (Å²) >= 11 is 0. The highest BCUT2D eigenvalue weighted by Gasteiger charge is 2.29. The van der Waals surface area contributed by atoms with Crippen molar-refractivity contribution in [2.24, 2.45) is 0 Å². The first kappa shape index (κ1) is 19.1. The minimum Gasteiger partial charge on any atom is -0.486 e. The smallest absolute Gasteiger partial charge is 0.292 e. The number of fused-ring (bicyclic) bond motifs is 2. The molecule has 1 aliphatic carbocycles. The largest absolute Gasteiger partial charge is 0.486 e. The summed E-state index contributed by atoms with van der Waals surface area (Å²) in [5.74, 6) is -0.428. The van der Waals surface area contributed by atoms with Crippen molar-refractivity contribution in [1.29, 1.82) is 0 Å². The number of rotatable bonds is 6. The summed E-state index contributed by atoms with van der Waals surface area (Å²) < 4.78 is 26.6. The van der Waals surface area contributed by atoms with Crippen molar-refractivity contribution in [2.75, 3.05) is 30.9 Å². The first-order chi connectivity index (χ1) is 15.0. The van der Waals surface area contributed by atoms with Gasteiger partial charge in [0.05, 0.1) is 17.4 Å². The molecule has 0 bridgehead atoms. The number of ketones is 1. The van der Waals surface area contributed by atoms with Gasteiger partial charge in [0, 0.05) is 31.3 Å². The van der Waals surface area contributed by atoms with E-state index >= 15 is 0 Å². The molecule has 3 N–H and O–H groups in total. The number of benzene rings is 1. The van der Waals surface area contributed by atoms with Crippen LogP contribution in [0.1, 0.15) is 23.2 Å². The average Bonchev–Trinajstić information content (AvgIpc) is 3.48. The summed E-state index contributed by atoms with van der Waals surface area (Å²) in [5, 5.41) is 12.8. The molecule has 0 spiro atoms. The molecule has 1 saturated carbocycles. The van der Waals surface area contributed by atoms with Gasteiger partial charge in [-0.3, -0.25) is 9.59 Å². The van der Waals surface area contributed by atoms with Crippen LogP contribution in [0.3, 0.4) is 0 Å². The molecule has 1 aromatic carbocycles. The van der Waals surface area contributed by atoms with Gasteiger partial charge in [-0.2, -0.15) is 9.61 Å². The maximum Gasteiger partial charge on any atom is 0.292 e. The van der Waals surface area contributed by atoms with Gasteiger partial charge < -0.3 is 25.4 Å². The molecule has 11 heteroatoms. The first-order valence-electron chi connectivity index (χ1n) is 9.81. The van der Waals surface area contributed by atoms with Crippen molar-refractivity contribution in [3.05, 3.63) is 35.8 Å². The van der Waals surface area contributed by atoms with Gasteiger partial charge in [-0.05, 0) is 12.8 Å². The second kappa shape index (κ2) is 7.42. The highest BCUT2D eigenvalue weighted by atomic mass is 19.1. The van der Waals surface area contributed by atoms with Crippen LogP contribution >= 0.6 is 0 Å². The molecule has 0 saturated heterocycles. The Kier molecular flexibility index (Phi) is 4.57.